The summed E-state index contributed by atoms with van der Waals surface area (Å²) in [6.45, 7) is 9.65. The van der Waals surface area contributed by atoms with Gasteiger partial charge in [0.1, 0.15) is 0 Å². The van der Waals surface area contributed by atoms with Gasteiger partial charge in [0.25, 0.3) is 0 Å². The maximum atomic E-state index is 12.8. The van der Waals surface area contributed by atoms with Gasteiger partial charge in [-0.05, 0) is 18.8 Å². The smallest absolute Gasteiger partial charge is 0.309 e. The minimum absolute atomic E-state index is 0.389. The Morgan fingerprint density at radius 3 is 1.52 bits per heavy atom. The third kappa shape index (κ3) is 19.2. The van der Waals surface area contributed by atoms with E-state index in [-0.39, 0.29) is 0 Å². The molecule has 0 fully saturated rings. The number of rotatable bonds is 21. The van der Waals surface area contributed by atoms with Crippen LogP contribution < -0.4 is 0 Å². The van der Waals surface area contributed by atoms with Gasteiger partial charge >= 0.3 is 7.60 Å². The fourth-order valence-corrected chi connectivity index (χ4v) is 5.07. The molecule has 0 heterocycles. The van der Waals surface area contributed by atoms with Gasteiger partial charge in [-0.25, -0.2) is 0 Å². The molecule has 3 nitrogen and oxygen atoms in total. The zero-order valence-corrected chi connectivity index (χ0v) is 19.9. The van der Waals surface area contributed by atoms with E-state index in [0.717, 1.165) is 19.3 Å². The van der Waals surface area contributed by atoms with Crippen molar-refractivity contribution in [1.82, 2.24) is 0 Å². The van der Waals surface area contributed by atoms with Crippen molar-refractivity contribution < 1.29 is 13.6 Å². The molecule has 0 amide bonds. The Hall–Kier alpha value is 0.150. The second-order valence-corrected chi connectivity index (χ2v) is 10.6. The molecule has 4 heteroatoms. The van der Waals surface area contributed by atoms with E-state index in [9.17, 15) is 4.57 Å². The summed E-state index contributed by atoms with van der Waals surface area (Å²) < 4.78 is 24.1. The van der Waals surface area contributed by atoms with E-state index in [1.807, 2.05) is 0 Å². The quantitative estimate of drug-likeness (QED) is 0.142. The summed E-state index contributed by atoms with van der Waals surface area (Å²) in [6.07, 6.45) is 19.9. The molecule has 0 radical (unpaired) electrons. The van der Waals surface area contributed by atoms with Crippen molar-refractivity contribution in [3.05, 3.63) is 0 Å². The van der Waals surface area contributed by atoms with Crippen LogP contribution in [0.4, 0.5) is 0 Å². The lowest BCUT2D eigenvalue weighted by Gasteiger charge is -2.19. The largest absolute Gasteiger partial charge is 0.330 e. The summed E-state index contributed by atoms with van der Waals surface area (Å²) in [6, 6.07) is 0. The standard InChI is InChI=1S/C23H49O3P/c1-5-7-9-10-11-12-13-14-15-16-17-18-19-20-25-27(24,21-8-6-2)26-22-23(3)4/h23H,5-22H2,1-4H3. The van der Waals surface area contributed by atoms with Gasteiger partial charge in [0.05, 0.1) is 19.4 Å². The fraction of sp³-hybridized carbons (Fsp3) is 1.00. The van der Waals surface area contributed by atoms with Crippen LogP contribution in [0.2, 0.25) is 0 Å². The lowest BCUT2D eigenvalue weighted by atomic mass is 10.0. The molecule has 0 aromatic carbocycles. The van der Waals surface area contributed by atoms with E-state index in [2.05, 4.69) is 27.7 Å². The van der Waals surface area contributed by atoms with E-state index >= 15 is 0 Å². The van der Waals surface area contributed by atoms with E-state index in [1.54, 1.807) is 0 Å². The topological polar surface area (TPSA) is 35.5 Å². The Morgan fingerprint density at radius 2 is 1.07 bits per heavy atom. The number of hydrogen-bond donors (Lipinski definition) is 0. The van der Waals surface area contributed by atoms with Crippen LogP contribution in [0.5, 0.6) is 0 Å². The second-order valence-electron chi connectivity index (χ2n) is 8.45. The fourth-order valence-electron chi connectivity index (χ4n) is 3.10. The number of unbranched alkanes of at least 4 members (excludes halogenated alkanes) is 13. The van der Waals surface area contributed by atoms with Gasteiger partial charge in [0, 0.05) is 0 Å². The number of hydrogen-bond acceptors (Lipinski definition) is 3. The first-order valence-electron chi connectivity index (χ1n) is 11.9. The molecule has 164 valence electrons. The Bertz CT molecular complexity index is 345. The Morgan fingerprint density at radius 1 is 0.630 bits per heavy atom. The maximum absolute atomic E-state index is 12.8. The molecule has 0 saturated carbocycles. The predicted molar refractivity (Wildman–Crippen MR) is 120 cm³/mol. The zero-order chi connectivity index (χ0) is 20.2. The molecule has 0 aliphatic rings. The highest BCUT2D eigenvalue weighted by molar-refractivity contribution is 7.53. The predicted octanol–water partition coefficient (Wildman–Crippen LogP) is 8.76. The third-order valence-corrected chi connectivity index (χ3v) is 6.91. The third-order valence-electron chi connectivity index (χ3n) is 4.93. The molecule has 0 bridgehead atoms. The maximum Gasteiger partial charge on any atom is 0.330 e. The van der Waals surface area contributed by atoms with E-state index in [0.29, 0.717) is 25.3 Å². The van der Waals surface area contributed by atoms with E-state index < -0.39 is 7.60 Å². The molecule has 27 heavy (non-hydrogen) atoms. The van der Waals surface area contributed by atoms with Gasteiger partial charge in [0.15, 0.2) is 0 Å². The summed E-state index contributed by atoms with van der Waals surface area (Å²) in [7, 11) is -2.87. The van der Waals surface area contributed by atoms with Crippen molar-refractivity contribution in [2.75, 3.05) is 19.4 Å². The molecule has 0 aliphatic heterocycles. The van der Waals surface area contributed by atoms with Crippen LogP contribution in [0.1, 0.15) is 124 Å². The zero-order valence-electron chi connectivity index (χ0n) is 19.0. The molecule has 0 N–H and O–H groups in total. The molecule has 0 rings (SSSR count). The minimum Gasteiger partial charge on any atom is -0.309 e. The summed E-state index contributed by atoms with van der Waals surface area (Å²) in [4.78, 5) is 0. The van der Waals surface area contributed by atoms with Crippen molar-refractivity contribution in [1.29, 1.82) is 0 Å². The molecule has 1 atom stereocenters. The monoisotopic (exact) mass is 404 g/mol. The molecule has 0 aromatic heterocycles. The van der Waals surface area contributed by atoms with Crippen molar-refractivity contribution in [3.63, 3.8) is 0 Å². The summed E-state index contributed by atoms with van der Waals surface area (Å²) in [5, 5.41) is 0. The van der Waals surface area contributed by atoms with Gasteiger partial charge in [-0.3, -0.25) is 4.57 Å². The van der Waals surface area contributed by atoms with Crippen LogP contribution in [0, 0.1) is 5.92 Å². The molecule has 0 spiro atoms. The van der Waals surface area contributed by atoms with Gasteiger partial charge in [-0.2, -0.15) is 0 Å². The van der Waals surface area contributed by atoms with Gasteiger partial charge < -0.3 is 9.05 Å². The highest BCUT2D eigenvalue weighted by atomic mass is 31.2. The van der Waals surface area contributed by atoms with Crippen LogP contribution in [-0.2, 0) is 13.6 Å². The molecule has 0 aliphatic carbocycles. The lowest BCUT2D eigenvalue weighted by molar-refractivity contribution is 0.184. The molecule has 0 saturated heterocycles. The lowest BCUT2D eigenvalue weighted by Crippen LogP contribution is -2.06. The summed E-state index contributed by atoms with van der Waals surface area (Å²) in [5.74, 6) is 0.389. The van der Waals surface area contributed by atoms with Crippen LogP contribution >= 0.6 is 7.60 Å². The summed E-state index contributed by atoms with van der Waals surface area (Å²) >= 11 is 0. The normalized spacial score (nSPS) is 14.0. The van der Waals surface area contributed by atoms with Crippen molar-refractivity contribution in [3.8, 4) is 0 Å². The minimum atomic E-state index is -2.87. The van der Waals surface area contributed by atoms with Gasteiger partial charge in [-0.15, -0.1) is 0 Å². The first-order chi connectivity index (χ1) is 13.0. The highest BCUT2D eigenvalue weighted by Crippen LogP contribution is 2.49. The Kier molecular flexibility index (Phi) is 19.6. The Balaban J connectivity index is 3.54. The SMILES string of the molecule is CCCCCCCCCCCCCCCOP(=O)(CCCC)OCC(C)C. The van der Waals surface area contributed by atoms with Gasteiger partial charge in [-0.1, -0.05) is 111 Å². The van der Waals surface area contributed by atoms with Crippen molar-refractivity contribution in [2.45, 2.75) is 124 Å². The van der Waals surface area contributed by atoms with Crippen LogP contribution in [0.25, 0.3) is 0 Å². The van der Waals surface area contributed by atoms with Crippen LogP contribution in [0.15, 0.2) is 0 Å². The average Bonchev–Trinajstić information content (AvgIpc) is 2.65. The first-order valence-corrected chi connectivity index (χ1v) is 13.6. The van der Waals surface area contributed by atoms with Gasteiger partial charge in [0.2, 0.25) is 0 Å². The average molecular weight is 405 g/mol. The summed E-state index contributed by atoms with van der Waals surface area (Å²) in [5.41, 5.74) is 0. The second kappa shape index (κ2) is 19.5. The first kappa shape index (κ1) is 27.1. The van der Waals surface area contributed by atoms with E-state index in [1.165, 1.54) is 77.0 Å². The van der Waals surface area contributed by atoms with Crippen molar-refractivity contribution in [2.24, 2.45) is 5.92 Å². The molecular formula is C23H49O3P. The highest BCUT2D eigenvalue weighted by Gasteiger charge is 2.23. The van der Waals surface area contributed by atoms with Crippen molar-refractivity contribution >= 4 is 7.60 Å². The molecule has 1 unspecified atom stereocenters. The Labute approximate surface area is 170 Å². The van der Waals surface area contributed by atoms with Crippen LogP contribution in [0.3, 0.4) is 0 Å². The molecule has 0 aromatic rings. The molecular weight excluding hydrogens is 355 g/mol. The van der Waals surface area contributed by atoms with E-state index in [4.69, 9.17) is 9.05 Å². The van der Waals surface area contributed by atoms with Crippen LogP contribution in [-0.4, -0.2) is 19.4 Å².